The molecule has 0 saturated carbocycles. The first-order valence-electron chi connectivity index (χ1n) is 4.54. The molecule has 1 aliphatic heterocycles. The van der Waals surface area contributed by atoms with Crippen molar-refractivity contribution in [2.24, 2.45) is 0 Å². The Balaban J connectivity index is 2.56. The first-order chi connectivity index (χ1) is 7.00. The van der Waals surface area contributed by atoms with Crippen molar-refractivity contribution in [3.8, 4) is 0 Å². The van der Waals surface area contributed by atoms with Crippen molar-refractivity contribution in [1.82, 2.24) is 0 Å². The van der Waals surface area contributed by atoms with E-state index in [1.807, 2.05) is 6.92 Å². The molecule has 15 heavy (non-hydrogen) atoms. The third kappa shape index (κ3) is 1.66. The Labute approximate surface area is 98.0 Å². The molecule has 0 spiro atoms. The fourth-order valence-electron chi connectivity index (χ4n) is 1.63. The zero-order valence-electron chi connectivity index (χ0n) is 8.34. The first kappa shape index (κ1) is 10.6. The number of nitrogens with one attached hydrogen (secondary N) is 1. The van der Waals surface area contributed by atoms with Gasteiger partial charge in [-0.3, -0.25) is 4.79 Å². The van der Waals surface area contributed by atoms with E-state index in [0.717, 1.165) is 11.4 Å². The Hall–Kier alpha value is -0.930. The molecule has 1 heterocycles. The summed E-state index contributed by atoms with van der Waals surface area (Å²) in [6.07, 6.45) is 0. The summed E-state index contributed by atoms with van der Waals surface area (Å²) in [4.78, 5) is 13.3. The van der Waals surface area contributed by atoms with Gasteiger partial charge in [-0.25, -0.2) is 0 Å². The van der Waals surface area contributed by atoms with Crippen LogP contribution in [0.3, 0.4) is 0 Å². The molecule has 1 aromatic rings. The third-order valence-corrected chi connectivity index (χ3v) is 3.20. The molecule has 1 unspecified atom stereocenters. The highest BCUT2D eigenvalue weighted by atomic mass is 35.5. The van der Waals surface area contributed by atoms with E-state index < -0.39 is 0 Å². The summed E-state index contributed by atoms with van der Waals surface area (Å²) in [6.45, 7) is 1.81. The highest BCUT2D eigenvalue weighted by molar-refractivity contribution is 6.42. The summed E-state index contributed by atoms with van der Waals surface area (Å²) in [5.41, 5.74) is 1.59. The second kappa shape index (κ2) is 3.58. The van der Waals surface area contributed by atoms with Gasteiger partial charge in [-0.1, -0.05) is 23.2 Å². The lowest BCUT2D eigenvalue weighted by atomic mass is 10.1. The number of likely N-dealkylation sites (N-methyl/N-ethyl adjacent to an activating group) is 1. The number of rotatable bonds is 0. The van der Waals surface area contributed by atoms with Crippen LogP contribution in [-0.4, -0.2) is 19.0 Å². The zero-order valence-corrected chi connectivity index (χ0v) is 9.86. The highest BCUT2D eigenvalue weighted by Crippen LogP contribution is 2.37. The molecule has 1 N–H and O–H groups in total. The van der Waals surface area contributed by atoms with Crippen molar-refractivity contribution in [3.63, 3.8) is 0 Å². The van der Waals surface area contributed by atoms with E-state index in [1.165, 1.54) is 0 Å². The van der Waals surface area contributed by atoms with E-state index >= 15 is 0 Å². The van der Waals surface area contributed by atoms with Crippen molar-refractivity contribution in [2.45, 2.75) is 13.0 Å². The standard InChI is InChI=1S/C10H10Cl2N2O/c1-5-10(15)14(2)9-4-7(12)6(11)3-8(9)13-5/h3-5,13H,1-2H3. The summed E-state index contributed by atoms with van der Waals surface area (Å²) < 4.78 is 0. The predicted octanol–water partition coefficient (Wildman–Crippen LogP) is 2.77. The smallest absolute Gasteiger partial charge is 0.248 e. The highest BCUT2D eigenvalue weighted by Gasteiger charge is 2.27. The van der Waals surface area contributed by atoms with Crippen LogP contribution in [0.15, 0.2) is 12.1 Å². The van der Waals surface area contributed by atoms with Crippen LogP contribution in [0, 0.1) is 0 Å². The number of amides is 1. The topological polar surface area (TPSA) is 32.3 Å². The molecule has 5 heteroatoms. The molecule has 0 radical (unpaired) electrons. The summed E-state index contributed by atoms with van der Waals surface area (Å²) in [7, 11) is 1.72. The van der Waals surface area contributed by atoms with Crippen molar-refractivity contribution < 1.29 is 4.79 Å². The van der Waals surface area contributed by atoms with Gasteiger partial charge in [0.05, 0.1) is 21.4 Å². The van der Waals surface area contributed by atoms with Gasteiger partial charge in [0.1, 0.15) is 6.04 Å². The van der Waals surface area contributed by atoms with Gasteiger partial charge >= 0.3 is 0 Å². The predicted molar refractivity (Wildman–Crippen MR) is 63.0 cm³/mol. The summed E-state index contributed by atoms with van der Waals surface area (Å²) >= 11 is 11.8. The largest absolute Gasteiger partial charge is 0.372 e. The number of benzene rings is 1. The normalized spacial score (nSPS) is 19.9. The van der Waals surface area contributed by atoms with Crippen LogP contribution in [0.1, 0.15) is 6.92 Å². The minimum absolute atomic E-state index is 0.0147. The lowest BCUT2D eigenvalue weighted by molar-refractivity contribution is -0.118. The number of nitrogens with zero attached hydrogens (tertiary/aromatic N) is 1. The number of halogens is 2. The number of anilines is 2. The molecule has 80 valence electrons. The summed E-state index contributed by atoms with van der Waals surface area (Å²) in [5, 5.41) is 4.01. The fraction of sp³-hybridized carbons (Fsp3) is 0.300. The van der Waals surface area contributed by atoms with Crippen molar-refractivity contribution in [1.29, 1.82) is 0 Å². The molecule has 0 bridgehead atoms. The second-order valence-electron chi connectivity index (χ2n) is 3.55. The Morgan fingerprint density at radius 2 is 1.93 bits per heavy atom. The molecule has 0 aromatic heterocycles. The SMILES string of the molecule is CC1Nc2cc(Cl)c(Cl)cc2N(C)C1=O. The van der Waals surface area contributed by atoms with Crippen LogP contribution in [0.5, 0.6) is 0 Å². The van der Waals surface area contributed by atoms with Crippen LogP contribution < -0.4 is 10.2 Å². The average molecular weight is 245 g/mol. The van der Waals surface area contributed by atoms with Gasteiger partial charge in [-0.15, -0.1) is 0 Å². The van der Waals surface area contributed by atoms with Crippen molar-refractivity contribution >= 4 is 40.5 Å². The molecular formula is C10H10Cl2N2O. The lowest BCUT2D eigenvalue weighted by Gasteiger charge is -2.31. The number of fused-ring (bicyclic) bond motifs is 1. The molecule has 1 aromatic carbocycles. The maximum atomic E-state index is 11.7. The molecule has 0 aliphatic carbocycles. The van der Waals surface area contributed by atoms with Crippen LogP contribution in [0.25, 0.3) is 0 Å². The third-order valence-electron chi connectivity index (χ3n) is 2.47. The maximum absolute atomic E-state index is 11.7. The van der Waals surface area contributed by atoms with Gasteiger partial charge in [0, 0.05) is 7.05 Å². The zero-order chi connectivity index (χ0) is 11.2. The van der Waals surface area contributed by atoms with E-state index in [1.54, 1.807) is 24.1 Å². The Bertz CT molecular complexity index is 434. The van der Waals surface area contributed by atoms with Gasteiger partial charge in [0.2, 0.25) is 5.91 Å². The van der Waals surface area contributed by atoms with Crippen molar-refractivity contribution in [3.05, 3.63) is 22.2 Å². The minimum Gasteiger partial charge on any atom is -0.372 e. The lowest BCUT2D eigenvalue weighted by Crippen LogP contribution is -2.43. The molecular weight excluding hydrogens is 235 g/mol. The van der Waals surface area contributed by atoms with E-state index in [4.69, 9.17) is 23.2 Å². The average Bonchev–Trinajstić information content (AvgIpc) is 2.19. The van der Waals surface area contributed by atoms with Crippen molar-refractivity contribution in [2.75, 3.05) is 17.3 Å². The maximum Gasteiger partial charge on any atom is 0.248 e. The van der Waals surface area contributed by atoms with Gasteiger partial charge in [-0.2, -0.15) is 0 Å². The van der Waals surface area contributed by atoms with Crippen LogP contribution in [0.2, 0.25) is 10.0 Å². The van der Waals surface area contributed by atoms with Gasteiger partial charge in [-0.05, 0) is 19.1 Å². The van der Waals surface area contributed by atoms with E-state index in [-0.39, 0.29) is 11.9 Å². The molecule has 1 atom stereocenters. The number of carbonyl (C=O) groups is 1. The van der Waals surface area contributed by atoms with E-state index in [0.29, 0.717) is 10.0 Å². The monoisotopic (exact) mass is 244 g/mol. The van der Waals surface area contributed by atoms with Gasteiger partial charge < -0.3 is 10.2 Å². The second-order valence-corrected chi connectivity index (χ2v) is 4.36. The quantitative estimate of drug-likeness (QED) is 0.762. The molecule has 3 nitrogen and oxygen atoms in total. The fourth-order valence-corrected chi connectivity index (χ4v) is 1.96. The van der Waals surface area contributed by atoms with E-state index in [9.17, 15) is 4.79 Å². The molecule has 2 rings (SSSR count). The van der Waals surface area contributed by atoms with Gasteiger partial charge in [0.15, 0.2) is 0 Å². The number of hydrogen-bond donors (Lipinski definition) is 1. The van der Waals surface area contributed by atoms with E-state index in [2.05, 4.69) is 5.32 Å². The summed E-state index contributed by atoms with van der Waals surface area (Å²) in [5.74, 6) is 0.0147. The van der Waals surface area contributed by atoms with Crippen LogP contribution >= 0.6 is 23.2 Å². The van der Waals surface area contributed by atoms with Gasteiger partial charge in [0.25, 0.3) is 0 Å². The Morgan fingerprint density at radius 1 is 1.33 bits per heavy atom. The molecule has 0 saturated heterocycles. The number of hydrogen-bond acceptors (Lipinski definition) is 2. The molecule has 1 amide bonds. The molecule has 1 aliphatic rings. The van der Waals surface area contributed by atoms with Crippen LogP contribution in [0.4, 0.5) is 11.4 Å². The molecule has 0 fully saturated rings. The first-order valence-corrected chi connectivity index (χ1v) is 5.29. The minimum atomic E-state index is -0.236. The van der Waals surface area contributed by atoms with Crippen LogP contribution in [-0.2, 0) is 4.79 Å². The number of carbonyl (C=O) groups excluding carboxylic acids is 1. The summed E-state index contributed by atoms with van der Waals surface area (Å²) in [6, 6.07) is 3.19. The Kier molecular flexibility index (Phi) is 2.52. The Morgan fingerprint density at radius 3 is 2.60 bits per heavy atom.